The maximum absolute atomic E-state index is 11.9. The van der Waals surface area contributed by atoms with Crippen LogP contribution < -0.4 is 0 Å². The zero-order chi connectivity index (χ0) is 15.2. The number of ether oxygens (including phenoxy) is 2. The highest BCUT2D eigenvalue weighted by Gasteiger charge is 2.31. The monoisotopic (exact) mass is 308 g/mol. The lowest BCUT2D eigenvalue weighted by Gasteiger charge is -2.12. The summed E-state index contributed by atoms with van der Waals surface area (Å²) in [6, 6.07) is 7.46. The van der Waals surface area contributed by atoms with Gasteiger partial charge in [0.1, 0.15) is 0 Å². The number of thioether (sulfide) groups is 1. The number of hydrogen-bond acceptors (Lipinski definition) is 6. The van der Waals surface area contributed by atoms with Crippen molar-refractivity contribution >= 4 is 34.7 Å². The third kappa shape index (κ3) is 3.75. The van der Waals surface area contributed by atoms with E-state index in [1.54, 1.807) is 13.8 Å². The van der Waals surface area contributed by atoms with Crippen LogP contribution in [-0.4, -0.2) is 40.4 Å². The Hall–Kier alpha value is -2.02. The number of benzene rings is 1. The molecule has 7 heteroatoms. The standard InChI is InChI=1S/C14H16N2O4S/c1-3-19-12(17)11(13(18)20-4-2)21-14-15-9-7-5-6-8-10(9)16-14/h5-8,11H,3-4H2,1-2H3,(H,15,16). The predicted molar refractivity (Wildman–Crippen MR) is 79.0 cm³/mol. The van der Waals surface area contributed by atoms with E-state index in [4.69, 9.17) is 9.47 Å². The Labute approximate surface area is 126 Å². The number of nitrogens with zero attached hydrogens (tertiary/aromatic N) is 1. The Kier molecular flexibility index (Phi) is 5.21. The highest BCUT2D eigenvalue weighted by Crippen LogP contribution is 2.25. The number of rotatable bonds is 6. The van der Waals surface area contributed by atoms with Gasteiger partial charge in [0.25, 0.3) is 0 Å². The zero-order valence-corrected chi connectivity index (χ0v) is 12.6. The first-order valence-electron chi connectivity index (χ1n) is 6.60. The van der Waals surface area contributed by atoms with Gasteiger partial charge in [-0.05, 0) is 26.0 Å². The predicted octanol–water partition coefficient (Wildman–Crippen LogP) is 2.15. The summed E-state index contributed by atoms with van der Waals surface area (Å²) in [6.07, 6.45) is 0. The van der Waals surface area contributed by atoms with Crippen molar-refractivity contribution in [1.82, 2.24) is 9.97 Å². The first-order chi connectivity index (χ1) is 10.2. The second-order valence-electron chi connectivity index (χ2n) is 4.06. The molecule has 0 atom stereocenters. The van der Waals surface area contributed by atoms with Crippen LogP contribution in [0.2, 0.25) is 0 Å². The molecule has 6 nitrogen and oxygen atoms in total. The normalized spacial score (nSPS) is 10.8. The van der Waals surface area contributed by atoms with E-state index >= 15 is 0 Å². The van der Waals surface area contributed by atoms with Crippen LogP contribution in [0.15, 0.2) is 29.4 Å². The number of aromatic amines is 1. The summed E-state index contributed by atoms with van der Waals surface area (Å²) in [6.45, 7) is 3.78. The highest BCUT2D eigenvalue weighted by atomic mass is 32.2. The van der Waals surface area contributed by atoms with Gasteiger partial charge >= 0.3 is 11.9 Å². The average molecular weight is 308 g/mol. The smallest absolute Gasteiger partial charge is 0.331 e. The molecule has 0 saturated carbocycles. The first-order valence-corrected chi connectivity index (χ1v) is 7.48. The number of carbonyl (C=O) groups excluding carboxylic acids is 2. The lowest BCUT2D eigenvalue weighted by atomic mass is 10.3. The van der Waals surface area contributed by atoms with Crippen LogP contribution in [-0.2, 0) is 19.1 Å². The molecule has 0 aliphatic carbocycles. The fourth-order valence-electron chi connectivity index (χ4n) is 1.73. The SMILES string of the molecule is CCOC(=O)C(Sc1nc2ccccc2[nH]1)C(=O)OCC. The number of nitrogens with one attached hydrogen (secondary N) is 1. The summed E-state index contributed by atoms with van der Waals surface area (Å²) < 4.78 is 9.83. The number of esters is 2. The van der Waals surface area contributed by atoms with E-state index < -0.39 is 17.2 Å². The Morgan fingerprint density at radius 1 is 1.19 bits per heavy atom. The van der Waals surface area contributed by atoms with Crippen molar-refractivity contribution < 1.29 is 19.1 Å². The number of para-hydroxylation sites is 2. The molecule has 1 heterocycles. The lowest BCUT2D eigenvalue weighted by molar-refractivity contribution is -0.152. The van der Waals surface area contributed by atoms with Crippen molar-refractivity contribution in [3.8, 4) is 0 Å². The highest BCUT2D eigenvalue weighted by molar-refractivity contribution is 8.01. The zero-order valence-electron chi connectivity index (χ0n) is 11.8. The maximum atomic E-state index is 11.9. The van der Waals surface area contributed by atoms with Gasteiger partial charge < -0.3 is 14.5 Å². The number of hydrogen-bond donors (Lipinski definition) is 1. The Morgan fingerprint density at radius 3 is 2.38 bits per heavy atom. The van der Waals surface area contributed by atoms with E-state index in [1.807, 2.05) is 24.3 Å². The molecule has 2 rings (SSSR count). The number of imidazole rings is 1. The fraction of sp³-hybridized carbons (Fsp3) is 0.357. The Bertz CT molecular complexity index is 590. The number of carbonyl (C=O) groups is 2. The second-order valence-corrected chi connectivity index (χ2v) is 5.15. The van der Waals surface area contributed by atoms with E-state index in [-0.39, 0.29) is 13.2 Å². The van der Waals surface area contributed by atoms with Crippen LogP contribution in [0.3, 0.4) is 0 Å². The van der Waals surface area contributed by atoms with Crippen molar-refractivity contribution in [1.29, 1.82) is 0 Å². The third-order valence-corrected chi connectivity index (χ3v) is 3.64. The topological polar surface area (TPSA) is 81.3 Å². The van der Waals surface area contributed by atoms with Crippen LogP contribution in [0, 0.1) is 0 Å². The molecule has 0 spiro atoms. The van der Waals surface area contributed by atoms with Crippen LogP contribution >= 0.6 is 11.8 Å². The molecular weight excluding hydrogens is 292 g/mol. The van der Waals surface area contributed by atoms with E-state index in [0.29, 0.717) is 5.16 Å². The quantitative estimate of drug-likeness (QED) is 0.500. The minimum Gasteiger partial charge on any atom is -0.465 e. The summed E-state index contributed by atoms with van der Waals surface area (Å²) in [7, 11) is 0. The molecule has 0 bridgehead atoms. The van der Waals surface area contributed by atoms with Crippen molar-refractivity contribution in [2.45, 2.75) is 24.3 Å². The third-order valence-electron chi connectivity index (χ3n) is 2.60. The van der Waals surface area contributed by atoms with Gasteiger partial charge in [0.15, 0.2) is 5.16 Å². The molecule has 0 fully saturated rings. The van der Waals surface area contributed by atoms with Gasteiger partial charge in [-0.1, -0.05) is 23.9 Å². The maximum Gasteiger partial charge on any atom is 0.331 e. The van der Waals surface area contributed by atoms with Gasteiger partial charge in [-0.3, -0.25) is 9.59 Å². The van der Waals surface area contributed by atoms with Gasteiger partial charge in [0, 0.05) is 0 Å². The average Bonchev–Trinajstić information content (AvgIpc) is 2.87. The van der Waals surface area contributed by atoms with Gasteiger partial charge in [-0.2, -0.15) is 0 Å². The van der Waals surface area contributed by atoms with E-state index in [0.717, 1.165) is 22.8 Å². The molecule has 0 unspecified atom stereocenters. The van der Waals surface area contributed by atoms with E-state index in [9.17, 15) is 9.59 Å². The fourth-order valence-corrected chi connectivity index (χ4v) is 2.60. The Morgan fingerprint density at radius 2 is 1.81 bits per heavy atom. The van der Waals surface area contributed by atoms with Gasteiger partial charge in [-0.15, -0.1) is 0 Å². The Balaban J connectivity index is 2.20. The molecule has 0 aliphatic heterocycles. The summed E-state index contributed by atoms with van der Waals surface area (Å²) in [4.78, 5) is 31.2. The van der Waals surface area contributed by atoms with Crippen LogP contribution in [0.25, 0.3) is 11.0 Å². The number of aromatic nitrogens is 2. The van der Waals surface area contributed by atoms with Crippen molar-refractivity contribution in [3.63, 3.8) is 0 Å². The van der Waals surface area contributed by atoms with Crippen molar-refractivity contribution in [2.75, 3.05) is 13.2 Å². The summed E-state index contributed by atoms with van der Waals surface area (Å²) >= 11 is 0.995. The molecule has 0 amide bonds. The molecule has 112 valence electrons. The molecule has 0 saturated heterocycles. The minimum atomic E-state index is -1.08. The summed E-state index contributed by atoms with van der Waals surface area (Å²) in [5.74, 6) is -1.25. The van der Waals surface area contributed by atoms with Crippen LogP contribution in [0.5, 0.6) is 0 Å². The number of H-pyrrole nitrogens is 1. The van der Waals surface area contributed by atoms with Crippen LogP contribution in [0.1, 0.15) is 13.8 Å². The van der Waals surface area contributed by atoms with Gasteiger partial charge in [0.2, 0.25) is 5.25 Å². The number of fused-ring (bicyclic) bond motifs is 1. The molecule has 21 heavy (non-hydrogen) atoms. The molecule has 1 aromatic carbocycles. The van der Waals surface area contributed by atoms with Crippen LogP contribution in [0.4, 0.5) is 0 Å². The van der Waals surface area contributed by atoms with Crippen molar-refractivity contribution in [3.05, 3.63) is 24.3 Å². The van der Waals surface area contributed by atoms with Gasteiger partial charge in [0.05, 0.1) is 24.2 Å². The largest absolute Gasteiger partial charge is 0.465 e. The molecule has 1 aromatic heterocycles. The second kappa shape index (κ2) is 7.12. The summed E-state index contributed by atoms with van der Waals surface area (Å²) in [5, 5.41) is -0.604. The molecule has 0 radical (unpaired) electrons. The summed E-state index contributed by atoms with van der Waals surface area (Å²) in [5.41, 5.74) is 1.61. The molecule has 0 aliphatic rings. The van der Waals surface area contributed by atoms with Gasteiger partial charge in [-0.25, -0.2) is 4.98 Å². The first kappa shape index (κ1) is 15.4. The van der Waals surface area contributed by atoms with E-state index in [1.165, 1.54) is 0 Å². The lowest BCUT2D eigenvalue weighted by Crippen LogP contribution is -2.31. The molecule has 2 aromatic rings. The minimum absolute atomic E-state index is 0.204. The molecule has 1 N–H and O–H groups in total. The molecular formula is C14H16N2O4S. The van der Waals surface area contributed by atoms with E-state index in [2.05, 4.69) is 9.97 Å². The van der Waals surface area contributed by atoms with Crippen molar-refractivity contribution in [2.24, 2.45) is 0 Å².